The summed E-state index contributed by atoms with van der Waals surface area (Å²) in [5.41, 5.74) is 0. The van der Waals surface area contributed by atoms with E-state index in [2.05, 4.69) is 10.3 Å². The highest BCUT2D eigenvalue weighted by Gasteiger charge is 2.08. The SMILES string of the molecule is CC(CNc1nccc2ccccc12)CC(=O)O. The zero-order valence-electron chi connectivity index (χ0n) is 10.3. The van der Waals surface area contributed by atoms with E-state index in [1.54, 1.807) is 6.20 Å². The van der Waals surface area contributed by atoms with E-state index in [0.29, 0.717) is 6.54 Å². The van der Waals surface area contributed by atoms with Crippen molar-refractivity contribution in [1.29, 1.82) is 0 Å². The maximum Gasteiger partial charge on any atom is 0.303 e. The molecule has 0 spiro atoms. The van der Waals surface area contributed by atoms with Gasteiger partial charge in [0.25, 0.3) is 0 Å². The van der Waals surface area contributed by atoms with Gasteiger partial charge in [-0.2, -0.15) is 0 Å². The number of anilines is 1. The van der Waals surface area contributed by atoms with E-state index in [0.717, 1.165) is 16.6 Å². The fourth-order valence-electron chi connectivity index (χ4n) is 1.90. The summed E-state index contributed by atoms with van der Waals surface area (Å²) in [6.07, 6.45) is 1.92. The Morgan fingerprint density at radius 3 is 2.94 bits per heavy atom. The van der Waals surface area contributed by atoms with Gasteiger partial charge in [0.05, 0.1) is 0 Å². The molecule has 1 atom stereocenters. The number of fused-ring (bicyclic) bond motifs is 1. The standard InChI is InChI=1S/C14H16N2O2/c1-10(8-13(17)18)9-16-14-12-5-3-2-4-11(12)6-7-15-14/h2-7,10H,8-9H2,1H3,(H,15,16)(H,17,18). The largest absolute Gasteiger partial charge is 0.481 e. The first kappa shape index (κ1) is 12.4. The van der Waals surface area contributed by atoms with Gasteiger partial charge in [0.1, 0.15) is 5.82 Å². The molecule has 4 heteroatoms. The van der Waals surface area contributed by atoms with Gasteiger partial charge in [-0.15, -0.1) is 0 Å². The molecule has 18 heavy (non-hydrogen) atoms. The Balaban J connectivity index is 2.10. The summed E-state index contributed by atoms with van der Waals surface area (Å²) in [5, 5.41) is 14.1. The van der Waals surface area contributed by atoms with Gasteiger partial charge in [-0.25, -0.2) is 4.98 Å². The van der Waals surface area contributed by atoms with Gasteiger partial charge in [0, 0.05) is 24.5 Å². The first-order valence-electron chi connectivity index (χ1n) is 5.96. The third-order valence-corrected chi connectivity index (χ3v) is 2.81. The minimum Gasteiger partial charge on any atom is -0.481 e. The van der Waals surface area contributed by atoms with Crippen molar-refractivity contribution in [2.75, 3.05) is 11.9 Å². The fourth-order valence-corrected chi connectivity index (χ4v) is 1.90. The molecule has 0 saturated heterocycles. The molecule has 94 valence electrons. The Morgan fingerprint density at radius 2 is 2.17 bits per heavy atom. The summed E-state index contributed by atoms with van der Waals surface area (Å²) in [5.74, 6) is 0.115. The van der Waals surface area contributed by atoms with Crippen LogP contribution in [-0.2, 0) is 4.79 Å². The number of carboxylic acids is 1. The first-order chi connectivity index (χ1) is 8.66. The van der Waals surface area contributed by atoms with Crippen LogP contribution >= 0.6 is 0 Å². The third kappa shape index (κ3) is 2.97. The van der Waals surface area contributed by atoms with Crippen molar-refractivity contribution in [3.8, 4) is 0 Å². The first-order valence-corrected chi connectivity index (χ1v) is 5.96. The van der Waals surface area contributed by atoms with Crippen molar-refractivity contribution >= 4 is 22.6 Å². The van der Waals surface area contributed by atoms with Crippen LogP contribution in [-0.4, -0.2) is 22.6 Å². The number of nitrogens with one attached hydrogen (secondary N) is 1. The summed E-state index contributed by atoms with van der Waals surface area (Å²) >= 11 is 0. The Labute approximate surface area is 106 Å². The molecule has 0 radical (unpaired) electrons. The highest BCUT2D eigenvalue weighted by atomic mass is 16.4. The molecule has 0 amide bonds. The zero-order valence-corrected chi connectivity index (χ0v) is 10.3. The van der Waals surface area contributed by atoms with Crippen molar-refractivity contribution in [3.63, 3.8) is 0 Å². The van der Waals surface area contributed by atoms with Gasteiger partial charge >= 0.3 is 5.97 Å². The number of aliphatic carboxylic acids is 1. The Bertz CT molecular complexity index is 549. The molecule has 0 bridgehead atoms. The smallest absolute Gasteiger partial charge is 0.303 e. The molecular weight excluding hydrogens is 228 g/mol. The Kier molecular flexibility index (Phi) is 3.77. The monoisotopic (exact) mass is 244 g/mol. The Hall–Kier alpha value is -2.10. The molecule has 2 rings (SSSR count). The molecule has 1 aromatic carbocycles. The maximum atomic E-state index is 10.6. The molecule has 2 aromatic rings. The summed E-state index contributed by atoms with van der Waals surface area (Å²) in [4.78, 5) is 14.9. The van der Waals surface area contributed by atoms with Crippen molar-refractivity contribution in [1.82, 2.24) is 4.98 Å². The van der Waals surface area contributed by atoms with Crippen LogP contribution in [0.2, 0.25) is 0 Å². The summed E-state index contributed by atoms with van der Waals surface area (Å²) in [6.45, 7) is 2.51. The van der Waals surface area contributed by atoms with Crippen LogP contribution in [0.15, 0.2) is 36.5 Å². The van der Waals surface area contributed by atoms with Crippen LogP contribution in [0.3, 0.4) is 0 Å². The lowest BCUT2D eigenvalue weighted by Crippen LogP contribution is -2.15. The number of nitrogens with zero attached hydrogens (tertiary/aromatic N) is 1. The predicted molar refractivity (Wildman–Crippen MR) is 71.6 cm³/mol. The van der Waals surface area contributed by atoms with Gasteiger partial charge in [0.2, 0.25) is 0 Å². The van der Waals surface area contributed by atoms with Crippen LogP contribution in [0.4, 0.5) is 5.82 Å². The molecule has 0 aliphatic heterocycles. The van der Waals surface area contributed by atoms with Crippen molar-refractivity contribution in [2.45, 2.75) is 13.3 Å². The van der Waals surface area contributed by atoms with Crippen molar-refractivity contribution in [2.24, 2.45) is 5.92 Å². The number of hydrogen-bond donors (Lipinski definition) is 2. The zero-order chi connectivity index (χ0) is 13.0. The van der Waals surface area contributed by atoms with E-state index in [1.807, 2.05) is 37.3 Å². The van der Waals surface area contributed by atoms with E-state index in [1.165, 1.54) is 0 Å². The lowest BCUT2D eigenvalue weighted by atomic mass is 10.1. The number of carbonyl (C=O) groups is 1. The molecule has 1 heterocycles. The van der Waals surface area contributed by atoms with Crippen molar-refractivity contribution < 1.29 is 9.90 Å². The minimum absolute atomic E-state index is 0.0725. The molecule has 4 nitrogen and oxygen atoms in total. The number of pyridine rings is 1. The van der Waals surface area contributed by atoms with Gasteiger partial charge in [-0.05, 0) is 17.4 Å². The number of benzene rings is 1. The second-order valence-electron chi connectivity index (χ2n) is 4.46. The third-order valence-electron chi connectivity index (χ3n) is 2.81. The van der Waals surface area contributed by atoms with Crippen LogP contribution in [0.25, 0.3) is 10.8 Å². The summed E-state index contributed by atoms with van der Waals surface area (Å²) < 4.78 is 0. The average Bonchev–Trinajstić information content (AvgIpc) is 2.35. The highest BCUT2D eigenvalue weighted by Crippen LogP contribution is 2.20. The van der Waals surface area contributed by atoms with E-state index in [-0.39, 0.29) is 12.3 Å². The van der Waals surface area contributed by atoms with E-state index in [4.69, 9.17) is 5.11 Å². The minimum atomic E-state index is -0.768. The summed E-state index contributed by atoms with van der Waals surface area (Å²) in [6, 6.07) is 9.95. The molecule has 0 saturated carbocycles. The predicted octanol–water partition coefficient (Wildman–Crippen LogP) is 2.76. The van der Waals surface area contributed by atoms with E-state index in [9.17, 15) is 4.79 Å². The molecule has 0 aliphatic rings. The van der Waals surface area contributed by atoms with E-state index < -0.39 is 5.97 Å². The second kappa shape index (κ2) is 5.49. The van der Waals surface area contributed by atoms with Gasteiger partial charge in [-0.3, -0.25) is 4.79 Å². The summed E-state index contributed by atoms with van der Waals surface area (Å²) in [7, 11) is 0. The molecule has 1 aromatic heterocycles. The second-order valence-corrected chi connectivity index (χ2v) is 4.46. The normalized spacial score (nSPS) is 12.3. The quantitative estimate of drug-likeness (QED) is 0.849. The van der Waals surface area contributed by atoms with Gasteiger partial charge in [0.15, 0.2) is 0 Å². The van der Waals surface area contributed by atoms with Crippen LogP contribution in [0, 0.1) is 5.92 Å². The lowest BCUT2D eigenvalue weighted by molar-refractivity contribution is -0.137. The lowest BCUT2D eigenvalue weighted by Gasteiger charge is -2.12. The molecule has 1 unspecified atom stereocenters. The highest BCUT2D eigenvalue weighted by molar-refractivity contribution is 5.91. The molecule has 0 fully saturated rings. The maximum absolute atomic E-state index is 10.6. The topological polar surface area (TPSA) is 62.2 Å². The molecular formula is C14H16N2O2. The fraction of sp³-hybridized carbons (Fsp3) is 0.286. The number of rotatable bonds is 5. The van der Waals surface area contributed by atoms with Crippen molar-refractivity contribution in [3.05, 3.63) is 36.5 Å². The Morgan fingerprint density at radius 1 is 1.39 bits per heavy atom. The number of aromatic nitrogens is 1. The van der Waals surface area contributed by atoms with Crippen LogP contribution in [0.1, 0.15) is 13.3 Å². The molecule has 0 aliphatic carbocycles. The van der Waals surface area contributed by atoms with Crippen LogP contribution < -0.4 is 5.32 Å². The average molecular weight is 244 g/mol. The number of carboxylic acid groups (broad SMARTS) is 1. The van der Waals surface area contributed by atoms with Crippen LogP contribution in [0.5, 0.6) is 0 Å². The van der Waals surface area contributed by atoms with Gasteiger partial charge < -0.3 is 10.4 Å². The molecule has 2 N–H and O–H groups in total. The number of hydrogen-bond acceptors (Lipinski definition) is 3. The van der Waals surface area contributed by atoms with Gasteiger partial charge in [-0.1, -0.05) is 31.2 Å². The van der Waals surface area contributed by atoms with E-state index >= 15 is 0 Å².